The van der Waals surface area contributed by atoms with Crippen molar-refractivity contribution in [2.75, 3.05) is 0 Å². The largest absolute Gasteiger partial charge is 0.152 e. The molecule has 0 unspecified atom stereocenters. The molecule has 0 aliphatic carbocycles. The monoisotopic (exact) mass is 125 g/mol. The summed E-state index contributed by atoms with van der Waals surface area (Å²) in [4.78, 5) is 0. The first-order valence-electron chi connectivity index (χ1n) is 2.65. The standard InChI is InChI=1S/C7H9S/c1-3-7-5-8-4-6(7)2/h4-5H,1,3H2,2H3. The van der Waals surface area contributed by atoms with Crippen molar-refractivity contribution in [3.63, 3.8) is 0 Å². The van der Waals surface area contributed by atoms with Gasteiger partial charge in [0.1, 0.15) is 0 Å². The van der Waals surface area contributed by atoms with Crippen molar-refractivity contribution in [2.24, 2.45) is 0 Å². The zero-order valence-electron chi connectivity index (χ0n) is 4.98. The van der Waals surface area contributed by atoms with E-state index in [0.717, 1.165) is 6.42 Å². The number of aryl methyl sites for hydroxylation is 1. The second-order valence-electron chi connectivity index (χ2n) is 1.83. The molecule has 1 heteroatoms. The van der Waals surface area contributed by atoms with E-state index in [0.29, 0.717) is 0 Å². The van der Waals surface area contributed by atoms with Crippen molar-refractivity contribution in [1.82, 2.24) is 0 Å². The Balaban J connectivity index is 2.92. The maximum absolute atomic E-state index is 3.80. The fraction of sp³-hybridized carbons (Fsp3) is 0.286. The lowest BCUT2D eigenvalue weighted by Crippen LogP contribution is -1.75. The third-order valence-electron chi connectivity index (χ3n) is 1.23. The Hall–Kier alpha value is -0.300. The van der Waals surface area contributed by atoms with Crippen LogP contribution < -0.4 is 0 Å². The van der Waals surface area contributed by atoms with E-state index in [4.69, 9.17) is 0 Å². The minimum atomic E-state index is 0.926. The van der Waals surface area contributed by atoms with Gasteiger partial charge in [0.05, 0.1) is 0 Å². The summed E-state index contributed by atoms with van der Waals surface area (Å²) in [6.45, 7) is 5.92. The van der Waals surface area contributed by atoms with E-state index in [9.17, 15) is 0 Å². The van der Waals surface area contributed by atoms with Gasteiger partial charge in [-0.2, -0.15) is 11.3 Å². The number of thiophene rings is 1. The summed E-state index contributed by atoms with van der Waals surface area (Å²) in [5, 5.41) is 4.31. The van der Waals surface area contributed by atoms with E-state index < -0.39 is 0 Å². The van der Waals surface area contributed by atoms with Gasteiger partial charge in [-0.25, -0.2) is 0 Å². The predicted molar refractivity (Wildman–Crippen MR) is 38.1 cm³/mol. The smallest absolute Gasteiger partial charge is 0.00585 e. The van der Waals surface area contributed by atoms with Crippen LogP contribution in [0.3, 0.4) is 0 Å². The molecule has 0 aliphatic rings. The van der Waals surface area contributed by atoms with Gasteiger partial charge >= 0.3 is 0 Å². The Morgan fingerprint density at radius 2 is 2.38 bits per heavy atom. The van der Waals surface area contributed by atoms with Gasteiger partial charge in [-0.1, -0.05) is 0 Å². The maximum Gasteiger partial charge on any atom is -0.00585 e. The summed E-state index contributed by atoms with van der Waals surface area (Å²) in [6.07, 6.45) is 0.926. The molecule has 1 aromatic rings. The normalized spacial score (nSPS) is 9.75. The molecule has 1 radical (unpaired) electrons. The summed E-state index contributed by atoms with van der Waals surface area (Å²) in [7, 11) is 0. The highest BCUT2D eigenvalue weighted by Gasteiger charge is 1.92. The van der Waals surface area contributed by atoms with E-state index in [2.05, 4.69) is 24.6 Å². The summed E-state index contributed by atoms with van der Waals surface area (Å²) in [5.41, 5.74) is 2.76. The lowest BCUT2D eigenvalue weighted by molar-refractivity contribution is 1.25. The highest BCUT2D eigenvalue weighted by atomic mass is 32.1. The first-order chi connectivity index (χ1) is 3.84. The lowest BCUT2D eigenvalue weighted by atomic mass is 10.2. The quantitative estimate of drug-likeness (QED) is 0.540. The molecule has 0 N–H and O–H groups in total. The SMILES string of the molecule is [CH2]Cc1cscc1C. The Morgan fingerprint density at radius 3 is 2.62 bits per heavy atom. The van der Waals surface area contributed by atoms with Crippen molar-refractivity contribution in [2.45, 2.75) is 13.3 Å². The third-order valence-corrected chi connectivity index (χ3v) is 2.14. The third kappa shape index (κ3) is 0.920. The van der Waals surface area contributed by atoms with Crippen LogP contribution in [0.5, 0.6) is 0 Å². The molecule has 1 heterocycles. The average molecular weight is 125 g/mol. The molecule has 1 rings (SSSR count). The fourth-order valence-corrected chi connectivity index (χ4v) is 1.53. The highest BCUT2D eigenvalue weighted by Crippen LogP contribution is 2.12. The zero-order chi connectivity index (χ0) is 5.98. The highest BCUT2D eigenvalue weighted by molar-refractivity contribution is 7.08. The average Bonchev–Trinajstić information content (AvgIpc) is 2.14. The number of rotatable bonds is 1. The maximum atomic E-state index is 3.80. The summed E-state index contributed by atoms with van der Waals surface area (Å²) < 4.78 is 0. The first-order valence-corrected chi connectivity index (χ1v) is 3.60. The fourth-order valence-electron chi connectivity index (χ4n) is 0.643. The molecule has 0 amide bonds. The van der Waals surface area contributed by atoms with E-state index in [1.165, 1.54) is 11.1 Å². The molecule has 0 atom stereocenters. The van der Waals surface area contributed by atoms with Gasteiger partial charge in [0, 0.05) is 0 Å². The van der Waals surface area contributed by atoms with E-state index in [1.54, 1.807) is 11.3 Å². The van der Waals surface area contributed by atoms with Crippen LogP contribution in [0, 0.1) is 13.8 Å². The van der Waals surface area contributed by atoms with Crippen LogP contribution in [0.2, 0.25) is 0 Å². The molecule has 0 bridgehead atoms. The van der Waals surface area contributed by atoms with Gasteiger partial charge in [-0.3, -0.25) is 0 Å². The van der Waals surface area contributed by atoms with Crippen LogP contribution >= 0.6 is 11.3 Å². The second-order valence-corrected chi connectivity index (χ2v) is 2.57. The van der Waals surface area contributed by atoms with Gasteiger partial charge in [0.25, 0.3) is 0 Å². The molecule has 0 saturated heterocycles. The minimum absolute atomic E-state index is 0.926. The topological polar surface area (TPSA) is 0 Å². The molecular formula is C7H9S. The van der Waals surface area contributed by atoms with Crippen LogP contribution in [-0.4, -0.2) is 0 Å². The number of hydrogen-bond donors (Lipinski definition) is 0. The molecule has 43 valence electrons. The van der Waals surface area contributed by atoms with E-state index in [1.807, 2.05) is 0 Å². The van der Waals surface area contributed by atoms with Crippen LogP contribution in [-0.2, 0) is 6.42 Å². The lowest BCUT2D eigenvalue weighted by Gasteiger charge is -1.87. The van der Waals surface area contributed by atoms with Crippen LogP contribution in [0.4, 0.5) is 0 Å². The van der Waals surface area contributed by atoms with Crippen LogP contribution in [0.15, 0.2) is 10.8 Å². The predicted octanol–water partition coefficient (Wildman–Crippen LogP) is 2.43. The summed E-state index contributed by atoms with van der Waals surface area (Å²) >= 11 is 1.75. The first kappa shape index (κ1) is 5.83. The van der Waals surface area contributed by atoms with Gasteiger partial charge in [0.2, 0.25) is 0 Å². The second kappa shape index (κ2) is 2.31. The molecule has 0 aromatic carbocycles. The van der Waals surface area contributed by atoms with Crippen molar-refractivity contribution < 1.29 is 0 Å². The van der Waals surface area contributed by atoms with Crippen molar-refractivity contribution in [3.05, 3.63) is 28.8 Å². The van der Waals surface area contributed by atoms with E-state index >= 15 is 0 Å². The Morgan fingerprint density at radius 1 is 1.62 bits per heavy atom. The van der Waals surface area contributed by atoms with Crippen molar-refractivity contribution >= 4 is 11.3 Å². The summed E-state index contributed by atoms with van der Waals surface area (Å²) in [5.74, 6) is 0. The van der Waals surface area contributed by atoms with Gasteiger partial charge in [-0.05, 0) is 42.2 Å². The molecule has 1 aromatic heterocycles. The number of hydrogen-bond acceptors (Lipinski definition) is 1. The van der Waals surface area contributed by atoms with Crippen LogP contribution in [0.1, 0.15) is 11.1 Å². The van der Waals surface area contributed by atoms with Gasteiger partial charge in [0.15, 0.2) is 0 Å². The molecule has 0 aliphatic heterocycles. The Kier molecular flexibility index (Phi) is 1.69. The van der Waals surface area contributed by atoms with Gasteiger partial charge in [-0.15, -0.1) is 0 Å². The Bertz CT molecular complexity index is 165. The van der Waals surface area contributed by atoms with Crippen LogP contribution in [0.25, 0.3) is 0 Å². The summed E-state index contributed by atoms with van der Waals surface area (Å²) in [6, 6.07) is 0. The Labute approximate surface area is 54.2 Å². The molecule has 0 fully saturated rings. The van der Waals surface area contributed by atoms with Crippen molar-refractivity contribution in [3.8, 4) is 0 Å². The van der Waals surface area contributed by atoms with Gasteiger partial charge < -0.3 is 0 Å². The zero-order valence-corrected chi connectivity index (χ0v) is 5.79. The molecule has 0 saturated carbocycles. The molecule has 0 spiro atoms. The molecule has 8 heavy (non-hydrogen) atoms. The van der Waals surface area contributed by atoms with Crippen molar-refractivity contribution in [1.29, 1.82) is 0 Å². The van der Waals surface area contributed by atoms with E-state index in [-0.39, 0.29) is 0 Å². The molecule has 0 nitrogen and oxygen atoms in total. The minimum Gasteiger partial charge on any atom is -0.152 e. The molecular weight excluding hydrogens is 116 g/mol.